The molecule has 0 fully saturated rings. The summed E-state index contributed by atoms with van der Waals surface area (Å²) in [4.78, 5) is 33.7. The van der Waals surface area contributed by atoms with Gasteiger partial charge in [-0.1, -0.05) is 24.3 Å². The lowest BCUT2D eigenvalue weighted by Gasteiger charge is -2.09. The van der Waals surface area contributed by atoms with Crippen LogP contribution in [0.25, 0.3) is 21.9 Å². The molecule has 0 aliphatic heterocycles. The number of para-hydroxylation sites is 3. The third-order valence-electron chi connectivity index (χ3n) is 4.27. The molecule has 1 amide bonds. The quantitative estimate of drug-likeness (QED) is 0.615. The molecule has 0 atom stereocenters. The maximum atomic E-state index is 12.5. The number of aryl methyl sites for hydroxylation is 1. The van der Waals surface area contributed by atoms with Crippen molar-refractivity contribution >= 4 is 33.8 Å². The van der Waals surface area contributed by atoms with Crippen molar-refractivity contribution in [1.29, 1.82) is 0 Å². The average molecular weight is 347 g/mol. The number of carbonyl (C=O) groups excluding carboxylic acids is 1. The number of nitrogens with zero attached hydrogens (tertiary/aromatic N) is 4. The maximum absolute atomic E-state index is 12.5. The lowest BCUT2D eigenvalue weighted by Crippen LogP contribution is -2.28. The number of nitrogens with one attached hydrogen (secondary N) is 1. The number of hydrogen-bond donors (Lipinski definition) is 1. The van der Waals surface area contributed by atoms with E-state index < -0.39 is 0 Å². The lowest BCUT2D eigenvalue weighted by molar-refractivity contribution is -0.116. The van der Waals surface area contributed by atoms with Crippen LogP contribution < -0.4 is 10.9 Å². The summed E-state index contributed by atoms with van der Waals surface area (Å²) >= 11 is 0. The van der Waals surface area contributed by atoms with E-state index in [1.54, 1.807) is 18.2 Å². The molecule has 2 aromatic heterocycles. The summed E-state index contributed by atoms with van der Waals surface area (Å²) in [6.45, 7) is 2.54. The average Bonchev–Trinajstić information content (AvgIpc) is 3.01. The molecule has 1 N–H and O–H groups in total. The smallest absolute Gasteiger partial charge is 0.261 e. The standard InChI is InChI=1S/C19H17N5O2/c1-2-24-16-10-6-5-9-15(16)21-19(24)22-17(25)11-23-12-20-14-8-4-3-7-13(14)18(23)26/h3-10,12H,2,11H2,1H3,(H,21,22,25). The molecule has 2 heterocycles. The Kier molecular flexibility index (Phi) is 3.96. The zero-order valence-corrected chi connectivity index (χ0v) is 14.2. The first-order valence-corrected chi connectivity index (χ1v) is 8.36. The van der Waals surface area contributed by atoms with Gasteiger partial charge in [0.05, 0.1) is 28.3 Å². The molecule has 130 valence electrons. The van der Waals surface area contributed by atoms with E-state index in [0.717, 1.165) is 11.0 Å². The SMILES string of the molecule is CCn1c(NC(=O)Cn2cnc3ccccc3c2=O)nc2ccccc21. The summed E-state index contributed by atoms with van der Waals surface area (Å²) in [5.41, 5.74) is 2.14. The van der Waals surface area contributed by atoms with Gasteiger partial charge in [-0.3, -0.25) is 19.5 Å². The van der Waals surface area contributed by atoms with E-state index in [1.165, 1.54) is 10.9 Å². The number of hydrogen-bond acceptors (Lipinski definition) is 4. The van der Waals surface area contributed by atoms with Gasteiger partial charge in [0, 0.05) is 6.54 Å². The minimum Gasteiger partial charge on any atom is -0.310 e. The highest BCUT2D eigenvalue weighted by Gasteiger charge is 2.13. The first-order chi connectivity index (χ1) is 12.7. The molecule has 2 aromatic carbocycles. The molecule has 0 spiro atoms. The fourth-order valence-corrected chi connectivity index (χ4v) is 3.03. The van der Waals surface area contributed by atoms with Crippen molar-refractivity contribution in [3.63, 3.8) is 0 Å². The van der Waals surface area contributed by atoms with Crippen LogP contribution in [0, 0.1) is 0 Å². The van der Waals surface area contributed by atoms with Crippen LogP contribution in [0.2, 0.25) is 0 Å². The first kappa shape index (κ1) is 16.0. The zero-order valence-electron chi connectivity index (χ0n) is 14.2. The number of benzene rings is 2. The van der Waals surface area contributed by atoms with Crippen LogP contribution in [0.1, 0.15) is 6.92 Å². The molecule has 0 bridgehead atoms. The van der Waals surface area contributed by atoms with Gasteiger partial charge in [-0.15, -0.1) is 0 Å². The summed E-state index contributed by atoms with van der Waals surface area (Å²) in [7, 11) is 0. The van der Waals surface area contributed by atoms with Crippen LogP contribution in [0.5, 0.6) is 0 Å². The van der Waals surface area contributed by atoms with Crippen molar-refractivity contribution in [3.05, 3.63) is 65.2 Å². The van der Waals surface area contributed by atoms with Crippen LogP contribution in [-0.2, 0) is 17.9 Å². The minimum absolute atomic E-state index is 0.121. The molecule has 0 saturated heterocycles. The van der Waals surface area contributed by atoms with E-state index in [1.807, 2.05) is 41.8 Å². The number of amides is 1. The van der Waals surface area contributed by atoms with Crippen molar-refractivity contribution in [2.45, 2.75) is 20.0 Å². The summed E-state index contributed by atoms with van der Waals surface area (Å²) in [5, 5.41) is 3.29. The Balaban J connectivity index is 1.62. The Bertz CT molecular complexity index is 1180. The first-order valence-electron chi connectivity index (χ1n) is 8.36. The van der Waals surface area contributed by atoms with Crippen LogP contribution in [0.15, 0.2) is 59.7 Å². The zero-order chi connectivity index (χ0) is 18.1. The second kappa shape index (κ2) is 6.44. The molecule has 4 rings (SSSR count). The molecule has 0 aliphatic rings. The molecular weight excluding hydrogens is 330 g/mol. The molecular formula is C19H17N5O2. The second-order valence-electron chi connectivity index (χ2n) is 5.91. The van der Waals surface area contributed by atoms with Gasteiger partial charge in [0.1, 0.15) is 6.54 Å². The number of anilines is 1. The molecule has 0 unspecified atom stereocenters. The van der Waals surface area contributed by atoms with Crippen LogP contribution in [0.3, 0.4) is 0 Å². The maximum Gasteiger partial charge on any atom is 0.261 e. The minimum atomic E-state index is -0.325. The summed E-state index contributed by atoms with van der Waals surface area (Å²) in [6.07, 6.45) is 1.40. The Hall–Kier alpha value is -3.48. The van der Waals surface area contributed by atoms with Gasteiger partial charge in [-0.05, 0) is 31.2 Å². The van der Waals surface area contributed by atoms with Gasteiger partial charge in [-0.2, -0.15) is 0 Å². The van der Waals surface area contributed by atoms with E-state index >= 15 is 0 Å². The van der Waals surface area contributed by atoms with E-state index in [4.69, 9.17) is 0 Å². The number of rotatable bonds is 4. The van der Waals surface area contributed by atoms with Gasteiger partial charge in [0.2, 0.25) is 11.9 Å². The number of aromatic nitrogens is 4. The highest BCUT2D eigenvalue weighted by Crippen LogP contribution is 2.19. The fraction of sp³-hybridized carbons (Fsp3) is 0.158. The van der Waals surface area contributed by atoms with Gasteiger partial charge >= 0.3 is 0 Å². The monoisotopic (exact) mass is 347 g/mol. The topological polar surface area (TPSA) is 81.8 Å². The highest BCUT2D eigenvalue weighted by atomic mass is 16.2. The molecule has 0 saturated carbocycles. The highest BCUT2D eigenvalue weighted by molar-refractivity contribution is 5.91. The molecule has 7 heteroatoms. The van der Waals surface area contributed by atoms with E-state index in [9.17, 15) is 9.59 Å². The predicted molar refractivity (Wildman–Crippen MR) is 100 cm³/mol. The van der Waals surface area contributed by atoms with Gasteiger partial charge in [0.15, 0.2) is 0 Å². The predicted octanol–water partition coefficient (Wildman–Crippen LogP) is 2.40. The molecule has 4 aromatic rings. The van der Waals surface area contributed by atoms with E-state index in [-0.39, 0.29) is 18.0 Å². The fourth-order valence-electron chi connectivity index (χ4n) is 3.03. The largest absolute Gasteiger partial charge is 0.310 e. The van der Waals surface area contributed by atoms with Gasteiger partial charge < -0.3 is 4.57 Å². The second-order valence-corrected chi connectivity index (χ2v) is 5.91. The Morgan fingerprint density at radius 2 is 1.81 bits per heavy atom. The Morgan fingerprint density at radius 1 is 1.08 bits per heavy atom. The number of carbonyl (C=O) groups is 1. The van der Waals surface area contributed by atoms with Crippen molar-refractivity contribution in [2.75, 3.05) is 5.32 Å². The van der Waals surface area contributed by atoms with Crippen LogP contribution in [-0.4, -0.2) is 25.0 Å². The Morgan fingerprint density at radius 3 is 2.62 bits per heavy atom. The van der Waals surface area contributed by atoms with Gasteiger partial charge in [-0.25, -0.2) is 9.97 Å². The number of fused-ring (bicyclic) bond motifs is 2. The van der Waals surface area contributed by atoms with Crippen LogP contribution in [0.4, 0.5) is 5.95 Å². The van der Waals surface area contributed by atoms with Crippen molar-refractivity contribution in [2.24, 2.45) is 0 Å². The molecule has 0 aliphatic carbocycles. The normalized spacial score (nSPS) is 11.1. The molecule has 0 radical (unpaired) electrons. The number of imidazole rings is 1. The lowest BCUT2D eigenvalue weighted by atomic mass is 10.2. The summed E-state index contributed by atoms with van der Waals surface area (Å²) in [5.74, 6) is 0.148. The molecule has 26 heavy (non-hydrogen) atoms. The van der Waals surface area contributed by atoms with Crippen molar-refractivity contribution in [3.8, 4) is 0 Å². The van der Waals surface area contributed by atoms with E-state index in [2.05, 4.69) is 15.3 Å². The van der Waals surface area contributed by atoms with Crippen LogP contribution >= 0.6 is 0 Å². The summed E-state index contributed by atoms with van der Waals surface area (Å²) < 4.78 is 3.23. The van der Waals surface area contributed by atoms with E-state index in [0.29, 0.717) is 23.4 Å². The van der Waals surface area contributed by atoms with Crippen molar-refractivity contribution < 1.29 is 4.79 Å². The third-order valence-corrected chi connectivity index (χ3v) is 4.27. The van der Waals surface area contributed by atoms with Gasteiger partial charge in [0.25, 0.3) is 5.56 Å². The Labute approximate surface area is 148 Å². The molecule has 7 nitrogen and oxygen atoms in total. The van der Waals surface area contributed by atoms with Crippen molar-refractivity contribution in [1.82, 2.24) is 19.1 Å². The summed E-state index contributed by atoms with van der Waals surface area (Å²) in [6, 6.07) is 14.8. The third kappa shape index (κ3) is 2.73.